The van der Waals surface area contributed by atoms with Gasteiger partial charge in [-0.2, -0.15) is 0 Å². The van der Waals surface area contributed by atoms with Crippen LogP contribution < -0.4 is 0 Å². The van der Waals surface area contributed by atoms with Crippen LogP contribution in [0.15, 0.2) is 0 Å². The lowest BCUT2D eigenvalue weighted by Crippen LogP contribution is -2.18. The lowest BCUT2D eigenvalue weighted by atomic mass is 9.94. The number of hydrogen-bond acceptors (Lipinski definition) is 2. The first-order valence-electron chi connectivity index (χ1n) is 9.42. The van der Waals surface area contributed by atoms with Crippen LogP contribution in [0.25, 0.3) is 0 Å². The molecule has 0 bridgehead atoms. The van der Waals surface area contributed by atoms with Gasteiger partial charge in [-0.1, -0.05) is 84.5 Å². The van der Waals surface area contributed by atoms with Gasteiger partial charge in [-0.05, 0) is 19.8 Å². The van der Waals surface area contributed by atoms with Gasteiger partial charge >= 0.3 is 5.97 Å². The summed E-state index contributed by atoms with van der Waals surface area (Å²) >= 11 is 0. The molecule has 2 heteroatoms. The van der Waals surface area contributed by atoms with Crippen LogP contribution in [0.4, 0.5) is 0 Å². The van der Waals surface area contributed by atoms with E-state index < -0.39 is 0 Å². The first-order valence-corrected chi connectivity index (χ1v) is 9.42. The molecule has 0 aliphatic rings. The highest BCUT2D eigenvalue weighted by atomic mass is 16.5. The molecule has 0 aliphatic carbocycles. The molecule has 126 valence electrons. The minimum Gasteiger partial charge on any atom is -0.466 e. The van der Waals surface area contributed by atoms with Gasteiger partial charge in [0, 0.05) is 0 Å². The van der Waals surface area contributed by atoms with Crippen molar-refractivity contribution < 1.29 is 9.53 Å². The molecule has 0 aromatic rings. The lowest BCUT2D eigenvalue weighted by molar-refractivity contribution is -0.148. The quantitative estimate of drug-likeness (QED) is 0.263. The summed E-state index contributed by atoms with van der Waals surface area (Å²) in [4.78, 5) is 12.0. The standard InChI is InChI=1S/C19H38O2/c1-4-7-9-10-11-12-13-15-17-18(16-14-8-5-2)19(20)21-6-3/h18H,4-17H2,1-3H3. The van der Waals surface area contributed by atoms with Crippen LogP contribution in [0, 0.1) is 5.92 Å². The second-order valence-corrected chi connectivity index (χ2v) is 6.21. The molecular formula is C19H38O2. The van der Waals surface area contributed by atoms with Crippen LogP contribution in [-0.2, 0) is 9.53 Å². The Morgan fingerprint density at radius 2 is 1.14 bits per heavy atom. The SMILES string of the molecule is CCCCCCCCCCC(CCCCC)C(=O)OCC. The Morgan fingerprint density at radius 1 is 0.714 bits per heavy atom. The average Bonchev–Trinajstić information content (AvgIpc) is 2.48. The van der Waals surface area contributed by atoms with E-state index in [1.54, 1.807) is 0 Å². The maximum Gasteiger partial charge on any atom is 0.308 e. The van der Waals surface area contributed by atoms with Gasteiger partial charge in [-0.3, -0.25) is 4.79 Å². The van der Waals surface area contributed by atoms with Crippen molar-refractivity contribution in [2.75, 3.05) is 6.61 Å². The van der Waals surface area contributed by atoms with Crippen molar-refractivity contribution in [1.29, 1.82) is 0 Å². The van der Waals surface area contributed by atoms with E-state index in [-0.39, 0.29) is 11.9 Å². The van der Waals surface area contributed by atoms with Crippen LogP contribution >= 0.6 is 0 Å². The van der Waals surface area contributed by atoms with Gasteiger partial charge < -0.3 is 4.74 Å². The molecule has 2 nitrogen and oxygen atoms in total. The number of ether oxygens (including phenoxy) is 1. The zero-order valence-corrected chi connectivity index (χ0v) is 14.8. The molecule has 0 saturated carbocycles. The minimum atomic E-state index is 0.0385. The molecule has 0 aromatic carbocycles. The van der Waals surface area contributed by atoms with Gasteiger partial charge in [0.15, 0.2) is 0 Å². The maximum atomic E-state index is 12.0. The van der Waals surface area contributed by atoms with Gasteiger partial charge in [-0.25, -0.2) is 0 Å². The van der Waals surface area contributed by atoms with E-state index in [4.69, 9.17) is 4.74 Å². The first-order chi connectivity index (χ1) is 10.3. The molecule has 0 rings (SSSR count). The summed E-state index contributed by atoms with van der Waals surface area (Å²) in [6.45, 7) is 6.88. The first kappa shape index (κ1) is 20.5. The van der Waals surface area contributed by atoms with E-state index in [0.717, 1.165) is 19.3 Å². The topological polar surface area (TPSA) is 26.3 Å². The summed E-state index contributed by atoms with van der Waals surface area (Å²) in [5, 5.41) is 0. The van der Waals surface area contributed by atoms with Crippen LogP contribution in [-0.4, -0.2) is 12.6 Å². The number of carbonyl (C=O) groups excluding carboxylic acids is 1. The molecule has 0 aromatic heterocycles. The van der Waals surface area contributed by atoms with Crippen molar-refractivity contribution in [3.63, 3.8) is 0 Å². The largest absolute Gasteiger partial charge is 0.466 e. The van der Waals surface area contributed by atoms with Crippen LogP contribution in [0.3, 0.4) is 0 Å². The minimum absolute atomic E-state index is 0.0385. The van der Waals surface area contributed by atoms with E-state index in [0.29, 0.717) is 6.61 Å². The van der Waals surface area contributed by atoms with Crippen molar-refractivity contribution in [3.05, 3.63) is 0 Å². The molecule has 0 heterocycles. The Kier molecular flexibility index (Phi) is 15.5. The third-order valence-corrected chi connectivity index (χ3v) is 4.18. The fourth-order valence-electron chi connectivity index (χ4n) is 2.81. The van der Waals surface area contributed by atoms with Crippen molar-refractivity contribution in [1.82, 2.24) is 0 Å². The van der Waals surface area contributed by atoms with Gasteiger partial charge in [0.25, 0.3) is 0 Å². The molecule has 0 spiro atoms. The Balaban J connectivity index is 3.71. The van der Waals surface area contributed by atoms with E-state index in [1.165, 1.54) is 64.2 Å². The smallest absolute Gasteiger partial charge is 0.308 e. The fraction of sp³-hybridized carbons (Fsp3) is 0.947. The molecule has 1 unspecified atom stereocenters. The van der Waals surface area contributed by atoms with Crippen LogP contribution in [0.5, 0.6) is 0 Å². The van der Waals surface area contributed by atoms with Crippen LogP contribution in [0.2, 0.25) is 0 Å². The Labute approximate surface area is 133 Å². The fourth-order valence-corrected chi connectivity index (χ4v) is 2.81. The Bertz CT molecular complexity index is 226. The molecule has 0 amide bonds. The van der Waals surface area contributed by atoms with E-state index >= 15 is 0 Å². The normalized spacial score (nSPS) is 12.3. The number of esters is 1. The predicted molar refractivity (Wildman–Crippen MR) is 91.5 cm³/mol. The van der Waals surface area contributed by atoms with Gasteiger partial charge in [0.05, 0.1) is 12.5 Å². The summed E-state index contributed by atoms with van der Waals surface area (Å²) < 4.78 is 5.22. The summed E-state index contributed by atoms with van der Waals surface area (Å²) in [6, 6.07) is 0. The second kappa shape index (κ2) is 15.9. The van der Waals surface area contributed by atoms with Gasteiger partial charge in [0.2, 0.25) is 0 Å². The molecule has 0 N–H and O–H groups in total. The van der Waals surface area contributed by atoms with Crippen molar-refractivity contribution >= 4 is 5.97 Å². The second-order valence-electron chi connectivity index (χ2n) is 6.21. The van der Waals surface area contributed by atoms with Gasteiger partial charge in [0.1, 0.15) is 0 Å². The summed E-state index contributed by atoms with van der Waals surface area (Å²) in [6.07, 6.45) is 16.3. The van der Waals surface area contributed by atoms with Crippen molar-refractivity contribution in [2.45, 2.75) is 104 Å². The summed E-state index contributed by atoms with van der Waals surface area (Å²) in [5.41, 5.74) is 0. The van der Waals surface area contributed by atoms with E-state index in [1.807, 2.05) is 6.92 Å². The van der Waals surface area contributed by atoms with Crippen LogP contribution in [0.1, 0.15) is 104 Å². The lowest BCUT2D eigenvalue weighted by Gasteiger charge is -2.15. The number of carbonyl (C=O) groups is 1. The predicted octanol–water partition coefficient (Wildman–Crippen LogP) is 6.28. The van der Waals surface area contributed by atoms with E-state index in [9.17, 15) is 4.79 Å². The zero-order valence-electron chi connectivity index (χ0n) is 14.8. The molecule has 0 saturated heterocycles. The highest BCUT2D eigenvalue weighted by Crippen LogP contribution is 2.20. The molecule has 0 aliphatic heterocycles. The number of unbranched alkanes of at least 4 members (excludes halogenated alkanes) is 9. The molecule has 21 heavy (non-hydrogen) atoms. The molecule has 1 atom stereocenters. The Hall–Kier alpha value is -0.530. The van der Waals surface area contributed by atoms with E-state index in [2.05, 4.69) is 13.8 Å². The highest BCUT2D eigenvalue weighted by molar-refractivity contribution is 5.72. The average molecular weight is 299 g/mol. The Morgan fingerprint density at radius 3 is 1.67 bits per heavy atom. The third-order valence-electron chi connectivity index (χ3n) is 4.18. The zero-order chi connectivity index (χ0) is 15.8. The van der Waals surface area contributed by atoms with Crippen molar-refractivity contribution in [2.24, 2.45) is 5.92 Å². The molecular weight excluding hydrogens is 260 g/mol. The maximum absolute atomic E-state index is 12.0. The third kappa shape index (κ3) is 12.9. The van der Waals surface area contributed by atoms with Crippen molar-refractivity contribution in [3.8, 4) is 0 Å². The molecule has 0 fully saturated rings. The summed E-state index contributed by atoms with van der Waals surface area (Å²) in [5.74, 6) is 0.188. The van der Waals surface area contributed by atoms with Gasteiger partial charge in [-0.15, -0.1) is 0 Å². The number of hydrogen-bond donors (Lipinski definition) is 0. The summed E-state index contributed by atoms with van der Waals surface area (Å²) in [7, 11) is 0. The monoisotopic (exact) mass is 298 g/mol. The molecule has 0 radical (unpaired) electrons. The highest BCUT2D eigenvalue weighted by Gasteiger charge is 2.18. The number of rotatable bonds is 15.